The van der Waals surface area contributed by atoms with Gasteiger partial charge in [-0.3, -0.25) is 4.72 Å². The molecule has 20 heavy (non-hydrogen) atoms. The molecule has 0 bridgehead atoms. The van der Waals surface area contributed by atoms with Crippen LogP contribution in [-0.2, 0) is 21.5 Å². The highest BCUT2D eigenvalue weighted by molar-refractivity contribution is 7.91. The Morgan fingerprint density at radius 2 is 2.05 bits per heavy atom. The summed E-state index contributed by atoms with van der Waals surface area (Å²) in [6, 6.07) is 7.21. The molecule has 1 rings (SSSR count). The van der Waals surface area contributed by atoms with Crippen LogP contribution in [0.1, 0.15) is 19.4 Å². The van der Waals surface area contributed by atoms with Crippen molar-refractivity contribution in [2.75, 3.05) is 11.8 Å². The first-order valence-electron chi connectivity index (χ1n) is 6.03. The van der Waals surface area contributed by atoms with Gasteiger partial charge in [-0.25, -0.2) is 9.52 Å². The molecule has 0 unspecified atom stereocenters. The van der Waals surface area contributed by atoms with Crippen molar-refractivity contribution < 1.29 is 17.9 Å². The van der Waals surface area contributed by atoms with Crippen molar-refractivity contribution in [3.05, 3.63) is 29.8 Å². The first-order valence-corrected chi connectivity index (χ1v) is 7.51. The zero-order valence-electron chi connectivity index (χ0n) is 11.6. The van der Waals surface area contributed by atoms with Crippen molar-refractivity contribution in [1.82, 2.24) is 10.0 Å². The molecule has 0 atom stereocenters. The molecule has 0 aliphatic carbocycles. The molecule has 1 aromatic carbocycles. The number of hydrogen-bond donors (Lipinski definition) is 3. The summed E-state index contributed by atoms with van der Waals surface area (Å²) in [5.41, 5.74) is 1.29. The lowest BCUT2D eigenvalue weighted by molar-refractivity contribution is 0.177. The average molecular weight is 301 g/mol. The van der Waals surface area contributed by atoms with E-state index in [1.807, 2.05) is 19.9 Å². The van der Waals surface area contributed by atoms with Gasteiger partial charge in [-0.2, -0.15) is 8.42 Å². The van der Waals surface area contributed by atoms with Gasteiger partial charge in [0.1, 0.15) is 0 Å². The molecule has 7 nitrogen and oxygen atoms in total. The first kappa shape index (κ1) is 16.3. The summed E-state index contributed by atoms with van der Waals surface area (Å²) in [7, 11) is -2.90. The molecule has 0 saturated carbocycles. The number of benzene rings is 1. The van der Waals surface area contributed by atoms with Crippen LogP contribution in [0, 0.1) is 0 Å². The fraction of sp³-hybridized carbons (Fsp3) is 0.417. The summed E-state index contributed by atoms with van der Waals surface area (Å²) in [5.74, 6) is 0. The van der Waals surface area contributed by atoms with E-state index >= 15 is 0 Å². The van der Waals surface area contributed by atoms with Gasteiger partial charge in [0.15, 0.2) is 0 Å². The van der Waals surface area contributed by atoms with Gasteiger partial charge in [0, 0.05) is 12.6 Å². The number of rotatable bonds is 6. The Kier molecular flexibility index (Phi) is 5.78. The van der Waals surface area contributed by atoms with Crippen molar-refractivity contribution in [2.45, 2.75) is 26.4 Å². The average Bonchev–Trinajstić information content (AvgIpc) is 2.35. The van der Waals surface area contributed by atoms with Gasteiger partial charge in [-0.1, -0.05) is 26.0 Å². The second kappa shape index (κ2) is 7.11. The topological polar surface area (TPSA) is 96.5 Å². The van der Waals surface area contributed by atoms with E-state index in [4.69, 9.17) is 0 Å². The summed E-state index contributed by atoms with van der Waals surface area (Å²) in [6.07, 6.45) is -1.05. The largest absolute Gasteiger partial charge is 0.452 e. The van der Waals surface area contributed by atoms with E-state index in [-0.39, 0.29) is 0 Å². The first-order chi connectivity index (χ1) is 9.32. The van der Waals surface area contributed by atoms with Crippen molar-refractivity contribution in [3.8, 4) is 0 Å². The Bertz CT molecular complexity index is 558. The maximum absolute atomic E-state index is 11.6. The molecular formula is C12H19N3O4S. The van der Waals surface area contributed by atoms with Crippen molar-refractivity contribution in [1.29, 1.82) is 0 Å². The molecule has 0 fully saturated rings. The minimum absolute atomic E-state index is 0.330. The van der Waals surface area contributed by atoms with Crippen LogP contribution in [0.5, 0.6) is 0 Å². The molecule has 0 aromatic heterocycles. The van der Waals surface area contributed by atoms with Gasteiger partial charge in [0.05, 0.1) is 12.8 Å². The number of amides is 1. The number of ether oxygens (including phenoxy) is 1. The predicted molar refractivity (Wildman–Crippen MR) is 76.5 cm³/mol. The minimum Gasteiger partial charge on any atom is -0.452 e. The van der Waals surface area contributed by atoms with E-state index in [9.17, 15) is 13.2 Å². The minimum atomic E-state index is -3.99. The number of hydrogen-bond acceptors (Lipinski definition) is 5. The highest BCUT2D eigenvalue weighted by atomic mass is 32.2. The summed E-state index contributed by atoms with van der Waals surface area (Å²) < 4.78 is 31.4. The predicted octanol–water partition coefficient (Wildman–Crippen LogP) is 1.20. The third-order valence-electron chi connectivity index (χ3n) is 2.30. The fourth-order valence-electron chi connectivity index (χ4n) is 1.40. The maximum atomic E-state index is 11.6. The van der Waals surface area contributed by atoms with E-state index in [1.54, 1.807) is 22.9 Å². The molecular weight excluding hydrogens is 282 g/mol. The van der Waals surface area contributed by atoms with E-state index in [1.165, 1.54) is 0 Å². The monoisotopic (exact) mass is 301 g/mol. The van der Waals surface area contributed by atoms with Crippen LogP contribution in [0.15, 0.2) is 24.3 Å². The van der Waals surface area contributed by atoms with Gasteiger partial charge in [-0.15, -0.1) is 0 Å². The SMILES string of the molecule is COC(=O)NS(=O)(=O)Nc1cccc(CNC(C)C)c1. The summed E-state index contributed by atoms with van der Waals surface area (Å²) in [6.45, 7) is 4.66. The molecule has 0 saturated heterocycles. The van der Waals surface area contributed by atoms with Crippen molar-refractivity contribution >= 4 is 22.0 Å². The van der Waals surface area contributed by atoms with E-state index < -0.39 is 16.3 Å². The molecule has 0 spiro atoms. The molecule has 0 heterocycles. The molecule has 1 amide bonds. The van der Waals surface area contributed by atoms with Crippen LogP contribution in [-0.4, -0.2) is 27.7 Å². The van der Waals surface area contributed by atoms with Crippen LogP contribution in [0.3, 0.4) is 0 Å². The third kappa shape index (κ3) is 5.89. The molecule has 0 aliphatic rings. The summed E-state index contributed by atoms with van der Waals surface area (Å²) >= 11 is 0. The molecule has 3 N–H and O–H groups in total. The van der Waals surface area contributed by atoms with Crippen LogP contribution in [0.2, 0.25) is 0 Å². The Morgan fingerprint density at radius 1 is 1.35 bits per heavy atom. The Hall–Kier alpha value is -1.80. The van der Waals surface area contributed by atoms with Crippen LogP contribution in [0.25, 0.3) is 0 Å². The Labute approximate surface area is 118 Å². The van der Waals surface area contributed by atoms with Crippen LogP contribution < -0.4 is 14.8 Å². The van der Waals surface area contributed by atoms with E-state index in [0.29, 0.717) is 18.3 Å². The Balaban J connectivity index is 2.72. The van der Waals surface area contributed by atoms with Gasteiger partial charge >= 0.3 is 16.3 Å². The number of carbonyl (C=O) groups is 1. The standard InChI is InChI=1S/C12H19N3O4S/c1-9(2)13-8-10-5-4-6-11(7-10)14-20(17,18)15-12(16)19-3/h4-7,9,13-14H,8H2,1-3H3,(H,15,16). The highest BCUT2D eigenvalue weighted by Crippen LogP contribution is 2.12. The van der Waals surface area contributed by atoms with Crippen LogP contribution >= 0.6 is 0 Å². The molecule has 0 radical (unpaired) electrons. The van der Waals surface area contributed by atoms with Gasteiger partial charge in [0.25, 0.3) is 0 Å². The van der Waals surface area contributed by atoms with Crippen molar-refractivity contribution in [3.63, 3.8) is 0 Å². The van der Waals surface area contributed by atoms with E-state index in [0.717, 1.165) is 12.7 Å². The molecule has 1 aromatic rings. The maximum Gasteiger partial charge on any atom is 0.422 e. The zero-order valence-corrected chi connectivity index (χ0v) is 12.5. The van der Waals surface area contributed by atoms with Gasteiger partial charge in [-0.05, 0) is 17.7 Å². The second-order valence-electron chi connectivity index (χ2n) is 4.44. The van der Waals surface area contributed by atoms with E-state index in [2.05, 4.69) is 14.8 Å². The molecule has 112 valence electrons. The number of carbonyl (C=O) groups excluding carboxylic acids is 1. The smallest absolute Gasteiger partial charge is 0.422 e. The van der Waals surface area contributed by atoms with Crippen molar-refractivity contribution in [2.24, 2.45) is 0 Å². The summed E-state index contributed by atoms with van der Waals surface area (Å²) in [4.78, 5) is 10.9. The lowest BCUT2D eigenvalue weighted by Gasteiger charge is -2.11. The fourth-order valence-corrected chi connectivity index (χ4v) is 2.19. The van der Waals surface area contributed by atoms with Crippen LogP contribution in [0.4, 0.5) is 10.5 Å². The Morgan fingerprint density at radius 3 is 2.65 bits per heavy atom. The normalized spacial score (nSPS) is 11.2. The molecule has 8 heteroatoms. The number of methoxy groups -OCH3 is 1. The third-order valence-corrected chi connectivity index (χ3v) is 3.24. The van der Waals surface area contributed by atoms with Gasteiger partial charge in [0.2, 0.25) is 0 Å². The molecule has 0 aliphatic heterocycles. The second-order valence-corrected chi connectivity index (χ2v) is 5.85. The lowest BCUT2D eigenvalue weighted by atomic mass is 10.2. The zero-order chi connectivity index (χ0) is 15.2. The lowest BCUT2D eigenvalue weighted by Crippen LogP contribution is -2.35. The number of nitrogens with one attached hydrogen (secondary N) is 3. The highest BCUT2D eigenvalue weighted by Gasteiger charge is 2.14. The summed E-state index contributed by atoms with van der Waals surface area (Å²) in [5, 5.41) is 3.23. The number of anilines is 1. The quantitative estimate of drug-likeness (QED) is 0.733. The van der Waals surface area contributed by atoms with Gasteiger partial charge < -0.3 is 10.1 Å².